The molecule has 0 spiro atoms. The predicted molar refractivity (Wildman–Crippen MR) is 187 cm³/mol. The molecule has 1 atom stereocenters. The fourth-order valence-electron chi connectivity index (χ4n) is 7.23. The largest absolute Gasteiger partial charge is 0.460 e. The molecule has 1 nitrogen and oxygen atoms in total. The van der Waals surface area contributed by atoms with E-state index in [1.807, 2.05) is 0 Å². The lowest BCUT2D eigenvalue weighted by Crippen LogP contribution is -2.00. The minimum Gasteiger partial charge on any atom is -0.460 e. The van der Waals surface area contributed by atoms with Gasteiger partial charge in [-0.05, 0) is 89.8 Å². The first-order valence-electron chi connectivity index (χ1n) is 15.5. The van der Waals surface area contributed by atoms with Crippen LogP contribution in [0.5, 0.6) is 0 Å². The van der Waals surface area contributed by atoms with Gasteiger partial charge in [-0.2, -0.15) is 0 Å². The third-order valence-electron chi connectivity index (χ3n) is 9.38. The normalized spacial score (nSPS) is 14.5. The van der Waals surface area contributed by atoms with Gasteiger partial charge in [-0.25, -0.2) is 0 Å². The van der Waals surface area contributed by atoms with E-state index in [9.17, 15) is 0 Å². The average molecular weight is 563 g/mol. The van der Waals surface area contributed by atoms with Gasteiger partial charge < -0.3 is 4.42 Å². The molecule has 44 heavy (non-hydrogen) atoms. The highest BCUT2D eigenvalue weighted by atomic mass is 16.3. The van der Waals surface area contributed by atoms with Crippen LogP contribution in [0.15, 0.2) is 144 Å². The molecular weight excluding hydrogens is 532 g/mol. The Morgan fingerprint density at radius 2 is 1.07 bits per heavy atom. The van der Waals surface area contributed by atoms with E-state index in [4.69, 9.17) is 4.42 Å². The number of hydrogen-bond donors (Lipinski definition) is 0. The monoisotopic (exact) mass is 562 g/mol. The molecule has 0 bridgehead atoms. The van der Waals surface area contributed by atoms with Gasteiger partial charge in [0.15, 0.2) is 0 Å². The molecule has 1 aliphatic carbocycles. The van der Waals surface area contributed by atoms with Crippen molar-refractivity contribution in [3.8, 4) is 33.4 Å². The third kappa shape index (κ3) is 3.93. The molecule has 208 valence electrons. The molecule has 1 heterocycles. The zero-order valence-electron chi connectivity index (χ0n) is 24.5. The Kier molecular flexibility index (Phi) is 5.61. The van der Waals surface area contributed by atoms with E-state index in [0.29, 0.717) is 5.92 Å². The molecule has 0 fully saturated rings. The van der Waals surface area contributed by atoms with E-state index >= 15 is 0 Å². The number of fused-ring (bicyclic) bond motifs is 6. The van der Waals surface area contributed by atoms with Gasteiger partial charge in [0.25, 0.3) is 0 Å². The number of hydrogen-bond acceptors (Lipinski definition) is 1. The highest BCUT2D eigenvalue weighted by molar-refractivity contribution is 6.21. The second-order valence-corrected chi connectivity index (χ2v) is 12.2. The molecule has 1 unspecified atom stereocenters. The molecule has 1 aromatic heterocycles. The summed E-state index contributed by atoms with van der Waals surface area (Å²) < 4.78 is 6.32. The van der Waals surface area contributed by atoms with Crippen LogP contribution < -0.4 is 0 Å². The second-order valence-electron chi connectivity index (χ2n) is 12.2. The maximum atomic E-state index is 6.32. The maximum Gasteiger partial charge on any atom is 0.134 e. The van der Waals surface area contributed by atoms with Crippen molar-refractivity contribution >= 4 is 49.4 Å². The summed E-state index contributed by atoms with van der Waals surface area (Å²) in [5.74, 6) is 1.61. The number of furan rings is 1. The summed E-state index contributed by atoms with van der Waals surface area (Å²) >= 11 is 0. The highest BCUT2D eigenvalue weighted by Gasteiger charge is 2.21. The van der Waals surface area contributed by atoms with Gasteiger partial charge in [0, 0.05) is 17.4 Å². The first-order valence-corrected chi connectivity index (χ1v) is 15.5. The van der Waals surface area contributed by atoms with Crippen LogP contribution in [-0.4, -0.2) is 0 Å². The lowest BCUT2D eigenvalue weighted by atomic mass is 9.85. The van der Waals surface area contributed by atoms with Crippen LogP contribution in [0, 0.1) is 5.92 Å². The molecule has 0 saturated heterocycles. The minimum absolute atomic E-state index is 0.504. The Labute approximate surface area is 256 Å². The fourth-order valence-corrected chi connectivity index (χ4v) is 7.23. The van der Waals surface area contributed by atoms with E-state index in [0.717, 1.165) is 17.8 Å². The first-order chi connectivity index (χ1) is 21.7. The van der Waals surface area contributed by atoms with Gasteiger partial charge >= 0.3 is 0 Å². The Hall–Kier alpha value is -5.40. The van der Waals surface area contributed by atoms with Crippen molar-refractivity contribution in [2.75, 3.05) is 0 Å². The summed E-state index contributed by atoms with van der Waals surface area (Å²) in [5.41, 5.74) is 9.67. The van der Waals surface area contributed by atoms with Crippen LogP contribution in [0.25, 0.3) is 82.7 Å². The fraction of sp³-hybridized carbons (Fsp3) is 0.0698. The van der Waals surface area contributed by atoms with Crippen molar-refractivity contribution in [1.29, 1.82) is 0 Å². The molecule has 0 radical (unpaired) electrons. The highest BCUT2D eigenvalue weighted by Crippen LogP contribution is 2.45. The van der Waals surface area contributed by atoms with E-state index in [-0.39, 0.29) is 0 Å². The molecule has 1 heteroatoms. The lowest BCUT2D eigenvalue weighted by molar-refractivity contribution is 0.513. The molecule has 0 aliphatic heterocycles. The summed E-state index contributed by atoms with van der Waals surface area (Å²) in [6.45, 7) is 2.24. The Morgan fingerprint density at radius 3 is 1.77 bits per heavy atom. The third-order valence-corrected chi connectivity index (χ3v) is 9.38. The summed E-state index contributed by atoms with van der Waals surface area (Å²) in [5, 5.41) is 8.79. The van der Waals surface area contributed by atoms with Crippen LogP contribution in [0.2, 0.25) is 0 Å². The molecule has 8 aromatic rings. The first kappa shape index (κ1) is 25.1. The van der Waals surface area contributed by atoms with Gasteiger partial charge in [-0.3, -0.25) is 0 Å². The van der Waals surface area contributed by atoms with Crippen molar-refractivity contribution in [3.63, 3.8) is 0 Å². The second kappa shape index (κ2) is 9.82. The van der Waals surface area contributed by atoms with Crippen LogP contribution in [0.3, 0.4) is 0 Å². The van der Waals surface area contributed by atoms with Crippen molar-refractivity contribution in [2.24, 2.45) is 5.92 Å². The van der Waals surface area contributed by atoms with Crippen molar-refractivity contribution in [3.05, 3.63) is 151 Å². The SMILES string of the molecule is CC1C=Cc2c(oc3ccc(-c4c5ccccc5c(-c5ccc(-c6ccc7ccccc7c6)cc5)c5ccccc45)cc23)C1. The van der Waals surface area contributed by atoms with Crippen molar-refractivity contribution in [2.45, 2.75) is 13.3 Å². The molecular formula is C43H30O. The van der Waals surface area contributed by atoms with Crippen molar-refractivity contribution < 1.29 is 4.42 Å². The summed E-state index contributed by atoms with van der Waals surface area (Å²) in [4.78, 5) is 0. The van der Waals surface area contributed by atoms with Gasteiger partial charge in [0.05, 0.1) is 0 Å². The van der Waals surface area contributed by atoms with Crippen molar-refractivity contribution in [1.82, 2.24) is 0 Å². The van der Waals surface area contributed by atoms with Gasteiger partial charge in [0.1, 0.15) is 11.3 Å². The standard InChI is InChI=1S/C43H30O/c1-27-14-22-34-39-26-33(21-23-40(39)44-41(34)24-27)43-37-12-6-4-10-35(37)42(36-11-5-7-13-38(36)43)30-18-15-29(16-19-30)32-20-17-28-8-2-3-9-31(28)25-32/h2-23,25-27H,24H2,1H3. The molecule has 7 aromatic carbocycles. The molecule has 1 aliphatic rings. The smallest absolute Gasteiger partial charge is 0.134 e. The maximum absolute atomic E-state index is 6.32. The Bertz CT molecular complexity index is 2360. The summed E-state index contributed by atoms with van der Waals surface area (Å²) in [7, 11) is 0. The lowest BCUT2D eigenvalue weighted by Gasteiger charge is -2.18. The molecule has 9 rings (SSSR count). The number of benzene rings is 7. The number of rotatable bonds is 3. The van der Waals surface area contributed by atoms with Crippen LogP contribution in [0.4, 0.5) is 0 Å². The van der Waals surface area contributed by atoms with Gasteiger partial charge in [0.2, 0.25) is 0 Å². The Balaban J connectivity index is 1.23. The number of allylic oxidation sites excluding steroid dienone is 1. The quantitative estimate of drug-likeness (QED) is 0.195. The van der Waals surface area contributed by atoms with E-state index in [1.165, 1.54) is 76.6 Å². The summed E-state index contributed by atoms with van der Waals surface area (Å²) in [6, 6.07) is 48.9. The zero-order chi connectivity index (χ0) is 29.2. The van der Waals surface area contributed by atoms with E-state index in [1.54, 1.807) is 0 Å². The average Bonchev–Trinajstić information content (AvgIpc) is 3.43. The summed E-state index contributed by atoms with van der Waals surface area (Å²) in [6.07, 6.45) is 5.50. The Morgan fingerprint density at radius 1 is 0.500 bits per heavy atom. The van der Waals surface area contributed by atoms with E-state index < -0.39 is 0 Å². The topological polar surface area (TPSA) is 13.1 Å². The van der Waals surface area contributed by atoms with Crippen LogP contribution >= 0.6 is 0 Å². The van der Waals surface area contributed by atoms with Gasteiger partial charge in [-0.1, -0.05) is 134 Å². The van der Waals surface area contributed by atoms with Gasteiger partial charge in [-0.15, -0.1) is 0 Å². The van der Waals surface area contributed by atoms with E-state index in [2.05, 4.69) is 153 Å². The minimum atomic E-state index is 0.504. The molecule has 0 saturated carbocycles. The van der Waals surface area contributed by atoms with Crippen LogP contribution in [0.1, 0.15) is 18.2 Å². The van der Waals surface area contributed by atoms with Crippen LogP contribution in [-0.2, 0) is 6.42 Å². The zero-order valence-corrected chi connectivity index (χ0v) is 24.5. The molecule has 0 amide bonds. The predicted octanol–water partition coefficient (Wildman–Crippen LogP) is 12.1. The molecule has 0 N–H and O–H groups in total.